The first-order valence-corrected chi connectivity index (χ1v) is 7.65. The van der Waals surface area contributed by atoms with Crippen LogP contribution in [0.2, 0.25) is 0 Å². The van der Waals surface area contributed by atoms with Crippen molar-refractivity contribution in [2.75, 3.05) is 19.6 Å². The Bertz CT molecular complexity index is 376. The fourth-order valence-electron chi connectivity index (χ4n) is 3.19. The number of nitrogens with zero attached hydrogens (tertiary/aromatic N) is 2. The van der Waals surface area contributed by atoms with Crippen LogP contribution in [-0.4, -0.2) is 52.6 Å². The smallest absolute Gasteiger partial charge is 0.241 e. The van der Waals surface area contributed by atoms with E-state index in [1.165, 1.54) is 18.5 Å². The van der Waals surface area contributed by atoms with Crippen LogP contribution in [-0.2, 0) is 4.79 Å². The van der Waals surface area contributed by atoms with Gasteiger partial charge in [-0.05, 0) is 44.9 Å². The van der Waals surface area contributed by atoms with Crippen LogP contribution in [0.15, 0.2) is 11.8 Å². The molecule has 3 aliphatic rings. The molecule has 0 aromatic rings. The van der Waals surface area contributed by atoms with Gasteiger partial charge in [0.15, 0.2) is 0 Å². The molecule has 1 heterocycles. The van der Waals surface area contributed by atoms with Crippen molar-refractivity contribution in [2.45, 2.75) is 57.1 Å². The van der Waals surface area contributed by atoms with Crippen LogP contribution in [0.4, 0.5) is 0 Å². The molecule has 2 aliphatic carbocycles. The number of β-amino-alcohol motifs (C(OH)–C–C–N with tert-alkyl or cyclic N) is 1. The summed E-state index contributed by atoms with van der Waals surface area (Å²) in [6.45, 7) is 1.98. The van der Waals surface area contributed by atoms with E-state index in [1.54, 1.807) is 0 Å². The zero-order valence-electron chi connectivity index (χ0n) is 11.6. The van der Waals surface area contributed by atoms with Crippen LogP contribution in [0.25, 0.3) is 0 Å². The van der Waals surface area contributed by atoms with Gasteiger partial charge < -0.3 is 10.0 Å². The number of aliphatic hydroxyl groups excluding tert-OH is 1. The number of carbonyl (C=O) groups is 1. The van der Waals surface area contributed by atoms with E-state index in [9.17, 15) is 9.90 Å². The van der Waals surface area contributed by atoms with Gasteiger partial charge in [-0.25, -0.2) is 0 Å². The van der Waals surface area contributed by atoms with Gasteiger partial charge in [-0.2, -0.15) is 0 Å². The highest BCUT2D eigenvalue weighted by molar-refractivity contribution is 5.81. The van der Waals surface area contributed by atoms with E-state index in [0.29, 0.717) is 19.1 Å². The molecule has 4 nitrogen and oxygen atoms in total. The average Bonchev–Trinajstić information content (AvgIpc) is 3.14. The predicted molar refractivity (Wildman–Crippen MR) is 73.5 cm³/mol. The number of amides is 1. The van der Waals surface area contributed by atoms with Gasteiger partial charge >= 0.3 is 0 Å². The highest BCUT2D eigenvalue weighted by atomic mass is 16.3. The van der Waals surface area contributed by atoms with Crippen molar-refractivity contribution in [3.8, 4) is 0 Å². The Morgan fingerprint density at radius 3 is 2.79 bits per heavy atom. The van der Waals surface area contributed by atoms with E-state index in [0.717, 1.165) is 38.6 Å². The molecule has 0 aromatic carbocycles. The van der Waals surface area contributed by atoms with Crippen molar-refractivity contribution in [2.24, 2.45) is 0 Å². The molecule has 3 rings (SSSR count). The third-order valence-electron chi connectivity index (χ3n) is 4.36. The van der Waals surface area contributed by atoms with Crippen LogP contribution in [0.1, 0.15) is 44.9 Å². The lowest BCUT2D eigenvalue weighted by Crippen LogP contribution is -2.41. The van der Waals surface area contributed by atoms with E-state index >= 15 is 0 Å². The fourth-order valence-corrected chi connectivity index (χ4v) is 3.19. The number of hydrogen-bond acceptors (Lipinski definition) is 3. The summed E-state index contributed by atoms with van der Waals surface area (Å²) in [7, 11) is 0. The van der Waals surface area contributed by atoms with Crippen LogP contribution in [0.3, 0.4) is 0 Å². The van der Waals surface area contributed by atoms with Crippen molar-refractivity contribution in [1.29, 1.82) is 0 Å². The zero-order valence-corrected chi connectivity index (χ0v) is 11.6. The summed E-state index contributed by atoms with van der Waals surface area (Å²) in [6.07, 6.45) is 9.80. The second-order valence-corrected chi connectivity index (χ2v) is 6.11. The van der Waals surface area contributed by atoms with Gasteiger partial charge in [-0.3, -0.25) is 9.69 Å². The lowest BCUT2D eigenvalue weighted by atomic mass is 10.0. The number of likely N-dealkylation sites (tertiary alicyclic amines) is 1. The van der Waals surface area contributed by atoms with Crippen molar-refractivity contribution >= 4 is 5.91 Å². The third-order valence-corrected chi connectivity index (χ3v) is 4.36. The largest absolute Gasteiger partial charge is 0.392 e. The first-order valence-electron chi connectivity index (χ1n) is 7.65. The third kappa shape index (κ3) is 3.18. The Balaban J connectivity index is 1.63. The minimum Gasteiger partial charge on any atom is -0.392 e. The summed E-state index contributed by atoms with van der Waals surface area (Å²) in [5.74, 6) is 0.241. The van der Waals surface area contributed by atoms with Crippen molar-refractivity contribution in [3.63, 3.8) is 0 Å². The van der Waals surface area contributed by atoms with Gasteiger partial charge in [0, 0.05) is 24.8 Å². The molecule has 1 N–H and O–H groups in total. The zero-order chi connectivity index (χ0) is 13.2. The standard InChI is InChI=1S/C15H24N2O2/c18-14-8-9-16(10-14)11-15(19)17(13-6-7-13)12-4-2-1-3-5-12/h4,13-14,18H,1-3,5-11H2/t14-/m1/s1. The summed E-state index contributed by atoms with van der Waals surface area (Å²) >= 11 is 0. The molecule has 1 aliphatic heterocycles. The average molecular weight is 264 g/mol. The molecular formula is C15H24N2O2. The Labute approximate surface area is 115 Å². The van der Waals surface area contributed by atoms with Crippen LogP contribution >= 0.6 is 0 Å². The van der Waals surface area contributed by atoms with Crippen molar-refractivity contribution < 1.29 is 9.90 Å². The lowest BCUT2D eigenvalue weighted by molar-refractivity contribution is -0.131. The Kier molecular flexibility index (Phi) is 3.89. The number of allylic oxidation sites excluding steroid dienone is 2. The molecule has 2 fully saturated rings. The molecule has 0 unspecified atom stereocenters. The van der Waals surface area contributed by atoms with Gasteiger partial charge in [0.05, 0.1) is 12.6 Å². The Hall–Kier alpha value is -0.870. The normalized spacial score (nSPS) is 28.3. The van der Waals surface area contributed by atoms with Crippen LogP contribution in [0.5, 0.6) is 0 Å². The maximum atomic E-state index is 12.5. The first kappa shape index (κ1) is 13.1. The lowest BCUT2D eigenvalue weighted by Gasteiger charge is -2.29. The number of carbonyl (C=O) groups excluding carboxylic acids is 1. The molecule has 1 atom stereocenters. The van der Waals surface area contributed by atoms with Gasteiger partial charge in [0.25, 0.3) is 0 Å². The molecular weight excluding hydrogens is 240 g/mol. The van der Waals surface area contributed by atoms with Gasteiger partial charge in [-0.15, -0.1) is 0 Å². The molecule has 1 saturated heterocycles. The molecule has 1 amide bonds. The van der Waals surface area contributed by atoms with Gasteiger partial charge in [0.1, 0.15) is 0 Å². The van der Waals surface area contributed by atoms with E-state index in [1.807, 2.05) is 0 Å². The molecule has 0 spiro atoms. The molecule has 1 saturated carbocycles. The van der Waals surface area contributed by atoms with E-state index in [4.69, 9.17) is 0 Å². The van der Waals surface area contributed by atoms with E-state index in [2.05, 4.69) is 15.9 Å². The minimum absolute atomic E-state index is 0.240. The van der Waals surface area contributed by atoms with E-state index < -0.39 is 0 Å². The maximum Gasteiger partial charge on any atom is 0.241 e. The summed E-state index contributed by atoms with van der Waals surface area (Å²) in [5, 5.41) is 9.54. The number of rotatable bonds is 4. The van der Waals surface area contributed by atoms with Gasteiger partial charge in [-0.1, -0.05) is 6.08 Å². The minimum atomic E-state index is -0.240. The quantitative estimate of drug-likeness (QED) is 0.837. The second-order valence-electron chi connectivity index (χ2n) is 6.11. The summed E-state index contributed by atoms with van der Waals surface area (Å²) < 4.78 is 0. The molecule has 0 bridgehead atoms. The molecule has 0 radical (unpaired) electrons. The number of aliphatic hydroxyl groups is 1. The van der Waals surface area contributed by atoms with Crippen molar-refractivity contribution in [3.05, 3.63) is 11.8 Å². The predicted octanol–water partition coefficient (Wildman–Crippen LogP) is 1.50. The number of hydrogen-bond donors (Lipinski definition) is 1. The first-order chi connectivity index (χ1) is 9.24. The topological polar surface area (TPSA) is 43.8 Å². The SMILES string of the molecule is O=C(CN1CC[C@@H](O)C1)N(C1=CCCCC1)C1CC1. The monoisotopic (exact) mass is 264 g/mol. The molecule has 4 heteroatoms. The Morgan fingerprint density at radius 2 is 2.21 bits per heavy atom. The molecule has 19 heavy (non-hydrogen) atoms. The van der Waals surface area contributed by atoms with E-state index in [-0.39, 0.29) is 12.0 Å². The molecule has 0 aromatic heterocycles. The highest BCUT2D eigenvalue weighted by Gasteiger charge is 2.36. The summed E-state index contributed by atoms with van der Waals surface area (Å²) in [6, 6.07) is 0.462. The maximum absolute atomic E-state index is 12.5. The van der Waals surface area contributed by atoms with Crippen LogP contribution in [0, 0.1) is 0 Å². The summed E-state index contributed by atoms with van der Waals surface area (Å²) in [4.78, 5) is 16.7. The van der Waals surface area contributed by atoms with Crippen LogP contribution < -0.4 is 0 Å². The van der Waals surface area contributed by atoms with Gasteiger partial charge in [0.2, 0.25) is 5.91 Å². The Morgan fingerprint density at radius 1 is 1.37 bits per heavy atom. The molecule has 106 valence electrons. The fraction of sp³-hybridized carbons (Fsp3) is 0.800. The summed E-state index contributed by atoms with van der Waals surface area (Å²) in [5.41, 5.74) is 1.26. The van der Waals surface area contributed by atoms with Crippen molar-refractivity contribution in [1.82, 2.24) is 9.80 Å². The second kappa shape index (κ2) is 5.63. The highest BCUT2D eigenvalue weighted by Crippen LogP contribution is 2.33.